The van der Waals surface area contributed by atoms with Gasteiger partial charge in [0.1, 0.15) is 0 Å². The normalized spacial score (nSPS) is 10.3. The molecule has 0 aliphatic heterocycles. The van der Waals surface area contributed by atoms with Crippen LogP contribution in [0.1, 0.15) is 11.3 Å². The summed E-state index contributed by atoms with van der Waals surface area (Å²) in [6, 6.07) is 16.3. The van der Waals surface area contributed by atoms with Crippen molar-refractivity contribution in [2.75, 3.05) is 10.6 Å². The van der Waals surface area contributed by atoms with Crippen molar-refractivity contribution in [1.82, 2.24) is 9.78 Å². The van der Waals surface area contributed by atoms with Crippen LogP contribution in [0.15, 0.2) is 60.8 Å². The van der Waals surface area contributed by atoms with Crippen LogP contribution in [-0.4, -0.2) is 21.6 Å². The van der Waals surface area contributed by atoms with Crippen LogP contribution in [0.4, 0.5) is 11.4 Å². The van der Waals surface area contributed by atoms with E-state index in [1.807, 2.05) is 38.1 Å². The molecule has 0 radical (unpaired) electrons. The Morgan fingerprint density at radius 3 is 2.20 bits per heavy atom. The van der Waals surface area contributed by atoms with Crippen molar-refractivity contribution in [3.63, 3.8) is 0 Å². The first-order chi connectivity index (χ1) is 12.0. The van der Waals surface area contributed by atoms with Gasteiger partial charge in [0.2, 0.25) is 0 Å². The fourth-order valence-corrected chi connectivity index (χ4v) is 2.37. The highest BCUT2D eigenvalue weighted by Crippen LogP contribution is 2.16. The maximum absolute atomic E-state index is 12.1. The minimum Gasteiger partial charge on any atom is -0.318 e. The lowest BCUT2D eigenvalue weighted by atomic mass is 10.2. The van der Waals surface area contributed by atoms with E-state index in [0.717, 1.165) is 16.9 Å². The van der Waals surface area contributed by atoms with E-state index >= 15 is 0 Å². The first-order valence-corrected chi connectivity index (χ1v) is 7.83. The molecule has 1 heterocycles. The summed E-state index contributed by atoms with van der Waals surface area (Å²) in [5, 5.41) is 9.40. The van der Waals surface area contributed by atoms with Crippen molar-refractivity contribution >= 4 is 23.2 Å². The molecule has 2 N–H and O–H groups in total. The molecule has 6 nitrogen and oxygen atoms in total. The summed E-state index contributed by atoms with van der Waals surface area (Å²) >= 11 is 0. The number of hydrogen-bond acceptors (Lipinski definition) is 3. The van der Waals surface area contributed by atoms with Crippen LogP contribution in [0.3, 0.4) is 0 Å². The highest BCUT2D eigenvalue weighted by atomic mass is 16.2. The van der Waals surface area contributed by atoms with E-state index in [2.05, 4.69) is 15.7 Å². The van der Waals surface area contributed by atoms with Crippen LogP contribution in [0.2, 0.25) is 0 Å². The first kappa shape index (κ1) is 16.4. The van der Waals surface area contributed by atoms with E-state index < -0.39 is 11.8 Å². The molecular formula is C19H18N4O2. The van der Waals surface area contributed by atoms with Crippen LogP contribution in [0.5, 0.6) is 0 Å². The molecule has 0 unspecified atom stereocenters. The summed E-state index contributed by atoms with van der Waals surface area (Å²) < 4.78 is 1.75. The van der Waals surface area contributed by atoms with Gasteiger partial charge in [-0.05, 0) is 50.2 Å². The van der Waals surface area contributed by atoms with Crippen molar-refractivity contribution in [2.45, 2.75) is 13.8 Å². The van der Waals surface area contributed by atoms with E-state index in [1.165, 1.54) is 0 Å². The number of amides is 2. The SMILES string of the molecule is Cc1ccc(NC(=O)C(=O)Nc2cccc(-n3nccc3C)c2)cc1. The molecule has 0 aliphatic carbocycles. The van der Waals surface area contributed by atoms with Gasteiger partial charge in [-0.15, -0.1) is 0 Å². The van der Waals surface area contributed by atoms with Gasteiger partial charge < -0.3 is 10.6 Å². The Morgan fingerprint density at radius 2 is 1.56 bits per heavy atom. The summed E-state index contributed by atoms with van der Waals surface area (Å²) in [5.74, 6) is -1.44. The zero-order valence-corrected chi connectivity index (χ0v) is 14.0. The lowest BCUT2D eigenvalue weighted by Gasteiger charge is -2.09. The van der Waals surface area contributed by atoms with Crippen LogP contribution < -0.4 is 10.6 Å². The second kappa shape index (κ2) is 7.00. The fourth-order valence-electron chi connectivity index (χ4n) is 2.37. The van der Waals surface area contributed by atoms with Crippen molar-refractivity contribution in [3.8, 4) is 5.69 Å². The standard InChI is InChI=1S/C19H18N4O2/c1-13-6-8-15(9-7-13)21-18(24)19(25)22-16-4-3-5-17(12-16)23-14(2)10-11-20-23/h3-12H,1-2H3,(H,21,24)(H,22,25). The van der Waals surface area contributed by atoms with E-state index in [1.54, 1.807) is 41.2 Å². The van der Waals surface area contributed by atoms with Crippen molar-refractivity contribution in [2.24, 2.45) is 0 Å². The van der Waals surface area contributed by atoms with Gasteiger partial charge in [0, 0.05) is 23.3 Å². The summed E-state index contributed by atoms with van der Waals surface area (Å²) in [6.07, 6.45) is 1.70. The number of nitrogens with zero attached hydrogens (tertiary/aromatic N) is 2. The molecule has 0 saturated carbocycles. The van der Waals surface area contributed by atoms with E-state index in [9.17, 15) is 9.59 Å². The third kappa shape index (κ3) is 3.92. The number of rotatable bonds is 3. The molecule has 3 rings (SSSR count). The number of benzene rings is 2. The molecule has 0 bridgehead atoms. The maximum Gasteiger partial charge on any atom is 0.314 e. The average molecular weight is 334 g/mol. The van der Waals surface area contributed by atoms with Gasteiger partial charge in [-0.1, -0.05) is 23.8 Å². The number of hydrogen-bond donors (Lipinski definition) is 2. The van der Waals surface area contributed by atoms with Crippen LogP contribution >= 0.6 is 0 Å². The van der Waals surface area contributed by atoms with E-state index in [-0.39, 0.29) is 0 Å². The van der Waals surface area contributed by atoms with Crippen LogP contribution in [0.25, 0.3) is 5.69 Å². The fraction of sp³-hybridized carbons (Fsp3) is 0.105. The van der Waals surface area contributed by atoms with Crippen LogP contribution in [0, 0.1) is 13.8 Å². The van der Waals surface area contributed by atoms with Crippen LogP contribution in [-0.2, 0) is 9.59 Å². The van der Waals surface area contributed by atoms with Crippen molar-refractivity contribution < 1.29 is 9.59 Å². The van der Waals surface area contributed by atoms with Gasteiger partial charge in [-0.3, -0.25) is 9.59 Å². The molecule has 6 heteroatoms. The summed E-state index contributed by atoms with van der Waals surface area (Å²) in [7, 11) is 0. The molecule has 0 saturated heterocycles. The molecule has 0 fully saturated rings. The van der Waals surface area contributed by atoms with Gasteiger partial charge in [-0.25, -0.2) is 4.68 Å². The molecule has 3 aromatic rings. The highest BCUT2D eigenvalue weighted by molar-refractivity contribution is 6.43. The van der Waals surface area contributed by atoms with Gasteiger partial charge >= 0.3 is 11.8 Å². The summed E-state index contributed by atoms with van der Waals surface area (Å²) in [4.78, 5) is 24.1. The Kier molecular flexibility index (Phi) is 4.61. The Morgan fingerprint density at radius 1 is 0.880 bits per heavy atom. The highest BCUT2D eigenvalue weighted by Gasteiger charge is 2.14. The largest absolute Gasteiger partial charge is 0.318 e. The quantitative estimate of drug-likeness (QED) is 0.723. The minimum absolute atomic E-state index is 0.524. The molecule has 2 amide bonds. The molecule has 0 aliphatic rings. The third-order valence-electron chi connectivity index (χ3n) is 3.70. The monoisotopic (exact) mass is 334 g/mol. The lowest BCUT2D eigenvalue weighted by Crippen LogP contribution is -2.29. The van der Waals surface area contributed by atoms with Crippen molar-refractivity contribution in [1.29, 1.82) is 0 Å². The predicted molar refractivity (Wildman–Crippen MR) is 96.7 cm³/mol. The first-order valence-electron chi connectivity index (χ1n) is 7.83. The number of carbonyl (C=O) groups is 2. The second-order valence-electron chi connectivity index (χ2n) is 5.71. The number of aryl methyl sites for hydroxylation is 2. The Labute approximate surface area is 145 Å². The minimum atomic E-state index is -0.727. The Balaban J connectivity index is 1.69. The van der Waals surface area contributed by atoms with Crippen molar-refractivity contribution in [3.05, 3.63) is 72.1 Å². The zero-order valence-electron chi connectivity index (χ0n) is 14.0. The van der Waals surface area contributed by atoms with Gasteiger partial charge in [0.15, 0.2) is 0 Å². The van der Waals surface area contributed by atoms with E-state index in [0.29, 0.717) is 11.4 Å². The predicted octanol–water partition coefficient (Wildman–Crippen LogP) is 3.07. The van der Waals surface area contributed by atoms with Gasteiger partial charge in [0.25, 0.3) is 0 Å². The number of anilines is 2. The van der Waals surface area contributed by atoms with E-state index in [4.69, 9.17) is 0 Å². The molecule has 126 valence electrons. The maximum atomic E-state index is 12.1. The molecule has 2 aromatic carbocycles. The number of carbonyl (C=O) groups excluding carboxylic acids is 2. The zero-order chi connectivity index (χ0) is 17.8. The molecule has 1 aromatic heterocycles. The lowest BCUT2D eigenvalue weighted by molar-refractivity contribution is -0.132. The average Bonchev–Trinajstić information content (AvgIpc) is 3.03. The van der Waals surface area contributed by atoms with Gasteiger partial charge in [0.05, 0.1) is 5.69 Å². The summed E-state index contributed by atoms with van der Waals surface area (Å²) in [5.41, 5.74) is 3.95. The summed E-state index contributed by atoms with van der Waals surface area (Å²) in [6.45, 7) is 3.89. The Hall–Kier alpha value is -3.41. The van der Waals surface area contributed by atoms with Gasteiger partial charge in [-0.2, -0.15) is 5.10 Å². The topological polar surface area (TPSA) is 76.0 Å². The number of aromatic nitrogens is 2. The second-order valence-corrected chi connectivity index (χ2v) is 5.71. The molecule has 25 heavy (non-hydrogen) atoms. The smallest absolute Gasteiger partial charge is 0.314 e. The molecule has 0 spiro atoms. The molecule has 0 atom stereocenters. The Bertz CT molecular complexity index is 913. The molecular weight excluding hydrogens is 316 g/mol. The number of nitrogens with one attached hydrogen (secondary N) is 2. The third-order valence-corrected chi connectivity index (χ3v) is 3.70.